The number of nitrogens with one attached hydrogen (secondary N) is 3. The highest BCUT2D eigenvalue weighted by atomic mass is 16.3. The lowest BCUT2D eigenvalue weighted by atomic mass is 10.1. The largest absolute Gasteiger partial charge is 0.467 e. The molecule has 1 heterocycles. The molecule has 0 bridgehead atoms. The molecule has 0 unspecified atom stereocenters. The number of hydrogen-bond acceptors (Lipinski definition) is 4. The van der Waals surface area contributed by atoms with Gasteiger partial charge in [-0.05, 0) is 59.3 Å². The van der Waals surface area contributed by atoms with Gasteiger partial charge < -0.3 is 20.4 Å². The summed E-state index contributed by atoms with van der Waals surface area (Å²) in [6.07, 6.45) is 1.56. The van der Waals surface area contributed by atoms with Gasteiger partial charge in [0.05, 0.1) is 19.4 Å². The van der Waals surface area contributed by atoms with Crippen LogP contribution in [0, 0.1) is 0 Å². The van der Waals surface area contributed by atoms with Gasteiger partial charge in [0, 0.05) is 16.9 Å². The minimum absolute atomic E-state index is 0.143. The Morgan fingerprint density at radius 1 is 0.800 bits per heavy atom. The van der Waals surface area contributed by atoms with Gasteiger partial charge in [-0.1, -0.05) is 30.3 Å². The van der Waals surface area contributed by atoms with E-state index in [-0.39, 0.29) is 18.4 Å². The van der Waals surface area contributed by atoms with Crippen molar-refractivity contribution < 1.29 is 14.0 Å². The van der Waals surface area contributed by atoms with Gasteiger partial charge in [0.15, 0.2) is 0 Å². The summed E-state index contributed by atoms with van der Waals surface area (Å²) in [5, 5.41) is 11.0. The summed E-state index contributed by atoms with van der Waals surface area (Å²) in [6.45, 7) is 0.467. The molecule has 6 nitrogen and oxygen atoms in total. The summed E-state index contributed by atoms with van der Waals surface area (Å²) in [7, 11) is 0. The van der Waals surface area contributed by atoms with Crippen LogP contribution in [0.4, 0.5) is 11.4 Å². The molecular weight excluding hydrogens is 378 g/mol. The smallest absolute Gasteiger partial charge is 0.251 e. The van der Waals surface area contributed by atoms with E-state index in [9.17, 15) is 9.59 Å². The zero-order chi connectivity index (χ0) is 20.8. The second kappa shape index (κ2) is 8.96. The van der Waals surface area contributed by atoms with Crippen LogP contribution in [0.25, 0.3) is 10.8 Å². The molecule has 0 atom stereocenters. The van der Waals surface area contributed by atoms with E-state index in [2.05, 4.69) is 16.0 Å². The number of fused-ring (bicyclic) bond motifs is 1. The Balaban J connectivity index is 1.28. The summed E-state index contributed by atoms with van der Waals surface area (Å²) >= 11 is 0. The number of furan rings is 1. The van der Waals surface area contributed by atoms with Crippen molar-refractivity contribution in [2.45, 2.75) is 6.54 Å². The molecule has 4 aromatic rings. The molecule has 2 amide bonds. The van der Waals surface area contributed by atoms with Crippen LogP contribution in [0.1, 0.15) is 16.1 Å². The first-order chi connectivity index (χ1) is 14.7. The number of hydrogen-bond donors (Lipinski definition) is 3. The van der Waals surface area contributed by atoms with Gasteiger partial charge in [-0.15, -0.1) is 0 Å². The van der Waals surface area contributed by atoms with Crippen molar-refractivity contribution in [1.82, 2.24) is 5.32 Å². The molecule has 0 spiro atoms. The van der Waals surface area contributed by atoms with Gasteiger partial charge in [-0.3, -0.25) is 9.59 Å². The number of amides is 2. The third kappa shape index (κ3) is 4.86. The van der Waals surface area contributed by atoms with Crippen molar-refractivity contribution in [3.63, 3.8) is 0 Å². The van der Waals surface area contributed by atoms with E-state index in [0.717, 1.165) is 16.5 Å². The van der Waals surface area contributed by atoms with Crippen LogP contribution in [0.2, 0.25) is 0 Å². The van der Waals surface area contributed by atoms with Gasteiger partial charge >= 0.3 is 0 Å². The molecule has 4 rings (SSSR count). The van der Waals surface area contributed by atoms with Gasteiger partial charge in [0.1, 0.15) is 5.76 Å². The molecule has 0 aliphatic heterocycles. The van der Waals surface area contributed by atoms with Crippen LogP contribution in [0.15, 0.2) is 89.5 Å². The van der Waals surface area contributed by atoms with Gasteiger partial charge in [-0.25, -0.2) is 0 Å². The number of carbonyl (C=O) groups excluding carboxylic acids is 2. The number of benzene rings is 3. The molecule has 3 aromatic carbocycles. The normalized spacial score (nSPS) is 10.5. The van der Waals surface area contributed by atoms with Crippen LogP contribution in [-0.2, 0) is 11.3 Å². The molecular formula is C24H21N3O3. The van der Waals surface area contributed by atoms with Crippen molar-refractivity contribution in [3.8, 4) is 0 Å². The molecule has 0 aliphatic rings. The van der Waals surface area contributed by atoms with Crippen molar-refractivity contribution in [1.29, 1.82) is 0 Å². The highest BCUT2D eigenvalue weighted by Gasteiger charge is 2.08. The van der Waals surface area contributed by atoms with Crippen LogP contribution >= 0.6 is 0 Å². The van der Waals surface area contributed by atoms with E-state index in [1.807, 2.05) is 42.5 Å². The van der Waals surface area contributed by atoms with E-state index in [4.69, 9.17) is 4.42 Å². The molecule has 30 heavy (non-hydrogen) atoms. The Morgan fingerprint density at radius 2 is 1.57 bits per heavy atom. The topological polar surface area (TPSA) is 83.4 Å². The van der Waals surface area contributed by atoms with Crippen molar-refractivity contribution in [3.05, 3.63) is 96.4 Å². The van der Waals surface area contributed by atoms with Crippen LogP contribution < -0.4 is 16.0 Å². The van der Waals surface area contributed by atoms with Crippen LogP contribution in [0.3, 0.4) is 0 Å². The highest BCUT2D eigenvalue weighted by Crippen LogP contribution is 2.18. The first-order valence-corrected chi connectivity index (χ1v) is 9.60. The predicted molar refractivity (Wildman–Crippen MR) is 117 cm³/mol. The van der Waals surface area contributed by atoms with Gasteiger partial charge in [0.25, 0.3) is 5.91 Å². The maximum atomic E-state index is 12.2. The van der Waals surface area contributed by atoms with Crippen molar-refractivity contribution in [2.75, 3.05) is 17.2 Å². The summed E-state index contributed by atoms with van der Waals surface area (Å²) in [4.78, 5) is 24.4. The second-order valence-corrected chi connectivity index (χ2v) is 6.80. The van der Waals surface area contributed by atoms with E-state index < -0.39 is 0 Å². The summed E-state index contributed by atoms with van der Waals surface area (Å²) < 4.78 is 5.19. The molecule has 0 aliphatic carbocycles. The fourth-order valence-corrected chi connectivity index (χ4v) is 3.07. The van der Waals surface area contributed by atoms with E-state index in [1.165, 1.54) is 0 Å². The van der Waals surface area contributed by atoms with E-state index >= 15 is 0 Å². The average Bonchev–Trinajstić information content (AvgIpc) is 3.30. The second-order valence-electron chi connectivity index (χ2n) is 6.80. The fraction of sp³-hybridized carbons (Fsp3) is 0.0833. The molecule has 0 fully saturated rings. The Labute approximate surface area is 173 Å². The molecule has 0 radical (unpaired) electrons. The van der Waals surface area contributed by atoms with Gasteiger partial charge in [-0.2, -0.15) is 0 Å². The molecule has 150 valence electrons. The van der Waals surface area contributed by atoms with Crippen molar-refractivity contribution >= 4 is 34.0 Å². The minimum Gasteiger partial charge on any atom is -0.467 e. The monoisotopic (exact) mass is 399 g/mol. The number of anilines is 2. The van der Waals surface area contributed by atoms with Crippen LogP contribution in [-0.4, -0.2) is 18.4 Å². The number of carbonyl (C=O) groups is 2. The average molecular weight is 399 g/mol. The molecule has 1 aromatic heterocycles. The summed E-state index contributed by atoms with van der Waals surface area (Å²) in [5.74, 6) is 0.312. The first kappa shape index (κ1) is 19.3. The zero-order valence-corrected chi connectivity index (χ0v) is 16.2. The third-order valence-corrected chi connectivity index (χ3v) is 4.64. The van der Waals surface area contributed by atoms with Crippen LogP contribution in [0.5, 0.6) is 0 Å². The standard InChI is InChI=1S/C24H21N3O3/c28-23(16-25-21-12-7-17-4-1-2-5-19(17)14-21)27-20-10-8-18(9-11-20)24(29)26-15-22-6-3-13-30-22/h1-14,25H,15-16H2,(H,26,29)(H,27,28). The molecule has 6 heteroatoms. The lowest BCUT2D eigenvalue weighted by Crippen LogP contribution is -2.23. The molecule has 0 saturated heterocycles. The van der Waals surface area contributed by atoms with Gasteiger partial charge in [0.2, 0.25) is 5.91 Å². The first-order valence-electron chi connectivity index (χ1n) is 9.60. The minimum atomic E-state index is -0.206. The number of rotatable bonds is 7. The molecule has 3 N–H and O–H groups in total. The fourth-order valence-electron chi connectivity index (χ4n) is 3.07. The predicted octanol–water partition coefficient (Wildman–Crippen LogP) is 4.41. The summed E-state index contributed by atoms with van der Waals surface area (Å²) in [5.41, 5.74) is 2.02. The Bertz CT molecular complexity index is 1150. The third-order valence-electron chi connectivity index (χ3n) is 4.64. The quantitative estimate of drug-likeness (QED) is 0.430. The zero-order valence-electron chi connectivity index (χ0n) is 16.2. The Kier molecular flexibility index (Phi) is 5.75. The van der Waals surface area contributed by atoms with E-state index in [1.54, 1.807) is 42.7 Å². The summed E-state index contributed by atoms with van der Waals surface area (Å²) in [6, 6.07) is 24.4. The molecule has 0 saturated carbocycles. The lowest BCUT2D eigenvalue weighted by molar-refractivity contribution is -0.114. The lowest BCUT2D eigenvalue weighted by Gasteiger charge is -2.09. The SMILES string of the molecule is O=C(CNc1ccc2ccccc2c1)Nc1ccc(C(=O)NCc2ccco2)cc1. The maximum absolute atomic E-state index is 12.2. The maximum Gasteiger partial charge on any atom is 0.251 e. The van der Waals surface area contributed by atoms with Crippen molar-refractivity contribution in [2.24, 2.45) is 0 Å². The van der Waals surface area contributed by atoms with E-state index in [0.29, 0.717) is 23.6 Å². The Hall–Kier alpha value is -4.06. The Morgan fingerprint density at radius 3 is 2.33 bits per heavy atom. The highest BCUT2D eigenvalue weighted by molar-refractivity contribution is 5.97.